The predicted molar refractivity (Wildman–Crippen MR) is 82.8 cm³/mol. The second-order valence-corrected chi connectivity index (χ2v) is 5.67. The van der Waals surface area contributed by atoms with Crippen molar-refractivity contribution >= 4 is 11.8 Å². The molecule has 1 saturated heterocycles. The molecular weight excluding hydrogens is 280 g/mol. The van der Waals surface area contributed by atoms with Gasteiger partial charge in [0.05, 0.1) is 0 Å². The number of nitrogens with zero attached hydrogens (tertiary/aromatic N) is 4. The summed E-state index contributed by atoms with van der Waals surface area (Å²) in [7, 11) is 0. The summed E-state index contributed by atoms with van der Waals surface area (Å²) < 4.78 is 0. The summed E-state index contributed by atoms with van der Waals surface area (Å²) in [6, 6.07) is 5.12. The minimum Gasteiger partial charge on any atom is -0.477 e. The van der Waals surface area contributed by atoms with E-state index in [1.165, 1.54) is 6.42 Å². The summed E-state index contributed by atoms with van der Waals surface area (Å²) in [5, 5.41) is 9.31. The number of carboxylic acid groups (broad SMARTS) is 1. The first kappa shape index (κ1) is 14.4. The van der Waals surface area contributed by atoms with E-state index in [1.54, 1.807) is 30.6 Å². The smallest absolute Gasteiger partial charge is 0.354 e. The Morgan fingerprint density at radius 1 is 1.32 bits per heavy atom. The number of piperidine rings is 1. The van der Waals surface area contributed by atoms with Crippen LogP contribution in [-0.2, 0) is 0 Å². The van der Waals surface area contributed by atoms with Gasteiger partial charge in [-0.3, -0.25) is 4.98 Å². The van der Waals surface area contributed by atoms with Crippen molar-refractivity contribution in [2.75, 3.05) is 18.0 Å². The second-order valence-electron chi connectivity index (χ2n) is 5.67. The largest absolute Gasteiger partial charge is 0.477 e. The van der Waals surface area contributed by atoms with E-state index >= 15 is 0 Å². The summed E-state index contributed by atoms with van der Waals surface area (Å²) in [5.74, 6) is 0.659. The molecule has 0 aromatic carbocycles. The number of hydrogen-bond acceptors (Lipinski definition) is 5. The van der Waals surface area contributed by atoms with E-state index in [-0.39, 0.29) is 5.69 Å². The number of hydrogen-bond donors (Lipinski definition) is 1. The molecule has 1 N–H and O–H groups in total. The summed E-state index contributed by atoms with van der Waals surface area (Å²) >= 11 is 0. The number of carbonyl (C=O) groups is 1. The predicted octanol–water partition coefficient (Wildman–Crippen LogP) is 2.47. The van der Waals surface area contributed by atoms with Gasteiger partial charge < -0.3 is 10.0 Å². The van der Waals surface area contributed by atoms with Crippen molar-refractivity contribution in [2.24, 2.45) is 5.92 Å². The van der Waals surface area contributed by atoms with Crippen LogP contribution < -0.4 is 4.90 Å². The van der Waals surface area contributed by atoms with Crippen LogP contribution in [0, 0.1) is 5.92 Å². The highest BCUT2D eigenvalue weighted by Crippen LogP contribution is 2.24. The summed E-state index contributed by atoms with van der Waals surface area (Å²) in [6.07, 6.45) is 5.59. The average molecular weight is 298 g/mol. The first-order valence-corrected chi connectivity index (χ1v) is 7.41. The number of pyridine rings is 1. The zero-order valence-corrected chi connectivity index (χ0v) is 12.4. The molecule has 6 heteroatoms. The Morgan fingerprint density at radius 2 is 2.09 bits per heavy atom. The third-order valence-corrected chi connectivity index (χ3v) is 3.85. The van der Waals surface area contributed by atoms with Crippen molar-refractivity contribution in [2.45, 2.75) is 19.8 Å². The molecule has 1 unspecified atom stereocenters. The van der Waals surface area contributed by atoms with Crippen molar-refractivity contribution in [1.29, 1.82) is 0 Å². The van der Waals surface area contributed by atoms with Gasteiger partial charge in [-0.15, -0.1) is 0 Å². The minimum atomic E-state index is -1.04. The van der Waals surface area contributed by atoms with Gasteiger partial charge >= 0.3 is 5.97 Å². The van der Waals surface area contributed by atoms with Crippen LogP contribution in [-0.4, -0.2) is 39.1 Å². The highest BCUT2D eigenvalue weighted by atomic mass is 16.4. The summed E-state index contributed by atoms with van der Waals surface area (Å²) in [6.45, 7) is 4.00. The Bertz CT molecular complexity index is 675. The second kappa shape index (κ2) is 6.09. The lowest BCUT2D eigenvalue weighted by molar-refractivity contribution is 0.0690. The van der Waals surface area contributed by atoms with Crippen LogP contribution in [0.15, 0.2) is 30.6 Å². The highest BCUT2D eigenvalue weighted by Gasteiger charge is 2.20. The fourth-order valence-electron chi connectivity index (χ4n) is 2.73. The molecule has 0 aliphatic carbocycles. The number of anilines is 1. The quantitative estimate of drug-likeness (QED) is 0.937. The number of aromatic nitrogens is 3. The van der Waals surface area contributed by atoms with Crippen LogP contribution in [0.2, 0.25) is 0 Å². The van der Waals surface area contributed by atoms with Crippen molar-refractivity contribution in [3.05, 3.63) is 36.3 Å². The third kappa shape index (κ3) is 3.05. The molecule has 0 amide bonds. The summed E-state index contributed by atoms with van der Waals surface area (Å²) in [4.78, 5) is 26.2. The maximum Gasteiger partial charge on any atom is 0.354 e. The maximum atomic E-state index is 11.4. The van der Waals surface area contributed by atoms with Gasteiger partial charge in [-0.1, -0.05) is 6.92 Å². The lowest BCUT2D eigenvalue weighted by Crippen LogP contribution is -2.35. The topological polar surface area (TPSA) is 79.2 Å². The van der Waals surface area contributed by atoms with Crippen molar-refractivity contribution in [3.63, 3.8) is 0 Å². The standard InChI is InChI=1S/C16H18N4O2/c1-11-3-2-8-20(10-11)14-9-13(16(21)22)18-15(19-14)12-4-6-17-7-5-12/h4-7,9,11H,2-3,8,10H2,1H3,(H,21,22). The van der Waals surface area contributed by atoms with Crippen LogP contribution in [0.3, 0.4) is 0 Å². The molecule has 1 fully saturated rings. The molecule has 1 aliphatic rings. The molecule has 0 spiro atoms. The van der Waals surface area contributed by atoms with E-state index in [0.29, 0.717) is 17.6 Å². The Hall–Kier alpha value is -2.50. The highest BCUT2D eigenvalue weighted by molar-refractivity contribution is 5.87. The van der Waals surface area contributed by atoms with E-state index in [9.17, 15) is 9.90 Å². The van der Waals surface area contributed by atoms with Gasteiger partial charge in [-0.05, 0) is 30.9 Å². The van der Waals surface area contributed by atoms with E-state index in [0.717, 1.165) is 25.1 Å². The summed E-state index contributed by atoms with van der Waals surface area (Å²) in [5.41, 5.74) is 0.791. The Labute approximate surface area is 128 Å². The molecule has 3 heterocycles. The van der Waals surface area contributed by atoms with E-state index < -0.39 is 5.97 Å². The van der Waals surface area contributed by atoms with Crippen LogP contribution in [0.1, 0.15) is 30.3 Å². The zero-order valence-electron chi connectivity index (χ0n) is 12.4. The lowest BCUT2D eigenvalue weighted by atomic mass is 10.0. The minimum absolute atomic E-state index is 0.0232. The first-order chi connectivity index (χ1) is 10.6. The fraction of sp³-hybridized carbons (Fsp3) is 0.375. The fourth-order valence-corrected chi connectivity index (χ4v) is 2.73. The van der Waals surface area contributed by atoms with Crippen molar-refractivity contribution in [1.82, 2.24) is 15.0 Å². The van der Waals surface area contributed by atoms with E-state index in [1.807, 2.05) is 0 Å². The van der Waals surface area contributed by atoms with E-state index in [4.69, 9.17) is 0 Å². The van der Waals surface area contributed by atoms with Crippen LogP contribution >= 0.6 is 0 Å². The lowest BCUT2D eigenvalue weighted by Gasteiger charge is -2.32. The van der Waals surface area contributed by atoms with Crippen molar-refractivity contribution < 1.29 is 9.90 Å². The Balaban J connectivity index is 2.02. The van der Waals surface area contributed by atoms with Gasteiger partial charge in [0.1, 0.15) is 5.82 Å². The van der Waals surface area contributed by atoms with Crippen LogP contribution in [0.25, 0.3) is 11.4 Å². The third-order valence-electron chi connectivity index (χ3n) is 3.85. The molecule has 2 aromatic rings. The molecule has 3 rings (SSSR count). The maximum absolute atomic E-state index is 11.4. The molecule has 0 bridgehead atoms. The molecule has 22 heavy (non-hydrogen) atoms. The molecular formula is C16H18N4O2. The monoisotopic (exact) mass is 298 g/mol. The van der Waals surface area contributed by atoms with Gasteiger partial charge in [0.2, 0.25) is 0 Å². The molecule has 114 valence electrons. The van der Waals surface area contributed by atoms with Gasteiger partial charge in [0.25, 0.3) is 0 Å². The van der Waals surface area contributed by atoms with Crippen molar-refractivity contribution in [3.8, 4) is 11.4 Å². The molecule has 0 saturated carbocycles. The van der Waals surface area contributed by atoms with Gasteiger partial charge in [-0.25, -0.2) is 14.8 Å². The van der Waals surface area contributed by atoms with Gasteiger partial charge in [0, 0.05) is 37.1 Å². The Kier molecular flexibility index (Phi) is 4.00. The zero-order chi connectivity index (χ0) is 15.5. The van der Waals surface area contributed by atoms with Crippen LogP contribution in [0.4, 0.5) is 5.82 Å². The SMILES string of the molecule is CC1CCCN(c2cc(C(=O)O)nc(-c3ccncc3)n2)C1. The van der Waals surface area contributed by atoms with Gasteiger partial charge in [-0.2, -0.15) is 0 Å². The van der Waals surface area contributed by atoms with Crippen LogP contribution in [0.5, 0.6) is 0 Å². The molecule has 6 nitrogen and oxygen atoms in total. The number of aromatic carboxylic acids is 1. The molecule has 0 radical (unpaired) electrons. The Morgan fingerprint density at radius 3 is 2.77 bits per heavy atom. The normalized spacial score (nSPS) is 18.2. The van der Waals surface area contributed by atoms with E-state index in [2.05, 4.69) is 26.8 Å². The molecule has 1 aliphatic heterocycles. The molecule has 2 aromatic heterocycles. The van der Waals surface area contributed by atoms with Gasteiger partial charge in [0.15, 0.2) is 11.5 Å². The average Bonchev–Trinajstić information content (AvgIpc) is 2.55. The number of rotatable bonds is 3. The molecule has 1 atom stereocenters. The first-order valence-electron chi connectivity index (χ1n) is 7.41. The number of carboxylic acids is 1.